The second-order valence-corrected chi connectivity index (χ2v) is 11.5. The van der Waals surface area contributed by atoms with E-state index in [1.165, 1.54) is 32.1 Å². The minimum absolute atomic E-state index is 0.270. The topological polar surface area (TPSA) is 106 Å². The zero-order chi connectivity index (χ0) is 26.2. The summed E-state index contributed by atoms with van der Waals surface area (Å²) in [6.45, 7) is 6.51. The van der Waals surface area contributed by atoms with Crippen LogP contribution in [0, 0.1) is 11.8 Å². The molecular weight excluding hydrogens is 502 g/mol. The largest absolute Gasteiger partial charge is 0.439 e. The van der Waals surface area contributed by atoms with Gasteiger partial charge in [-0.3, -0.25) is 14.5 Å². The predicted octanol–water partition coefficient (Wildman–Crippen LogP) is 6.09. The lowest BCUT2D eigenvalue weighted by atomic mass is 9.81. The third kappa shape index (κ3) is 4.96. The van der Waals surface area contributed by atoms with Crippen molar-refractivity contribution in [2.24, 2.45) is 11.8 Å². The third-order valence-corrected chi connectivity index (χ3v) is 8.53. The average molecular weight is 536 g/mol. The molecule has 0 aromatic carbocycles. The number of nitrogens with one attached hydrogen (secondary N) is 1. The lowest BCUT2D eigenvalue weighted by Crippen LogP contribution is -2.39. The Labute approximate surface area is 226 Å². The molecule has 38 heavy (non-hydrogen) atoms. The van der Waals surface area contributed by atoms with Crippen LogP contribution in [-0.4, -0.2) is 42.2 Å². The molecule has 1 aliphatic carbocycles. The smallest absolute Gasteiger partial charge is 0.340 e. The SMILES string of the molecule is CC1CCC(CCn2c(N3CCCC[C@H]3C)nc3cc(-c4noc(=O)[nH]4)nc(-c4cncc(Cl)c4)c32)CC1. The third-order valence-electron chi connectivity index (χ3n) is 8.32. The summed E-state index contributed by atoms with van der Waals surface area (Å²) < 4.78 is 7.15. The lowest BCUT2D eigenvalue weighted by Gasteiger charge is -2.35. The van der Waals surface area contributed by atoms with Crippen LogP contribution in [0.4, 0.5) is 5.95 Å². The molecule has 200 valence electrons. The fourth-order valence-electron chi connectivity index (χ4n) is 6.10. The van der Waals surface area contributed by atoms with Crippen LogP contribution in [0.1, 0.15) is 65.2 Å². The van der Waals surface area contributed by atoms with E-state index in [0.29, 0.717) is 16.8 Å². The molecule has 10 heteroatoms. The van der Waals surface area contributed by atoms with E-state index in [-0.39, 0.29) is 5.82 Å². The Morgan fingerprint density at radius 3 is 2.66 bits per heavy atom. The summed E-state index contributed by atoms with van der Waals surface area (Å²) in [5, 5.41) is 4.42. The molecule has 0 spiro atoms. The van der Waals surface area contributed by atoms with Gasteiger partial charge in [0, 0.05) is 37.1 Å². The standard InChI is InChI=1S/C28H34ClN7O2/c1-17-6-8-19(9-7-17)10-12-36-25-22(32-27(36)35-11-4-3-5-18(35)2)14-23(26-33-28(37)38-34-26)31-24(25)20-13-21(29)16-30-15-20/h13-19H,3-12H2,1-2H3,(H,33,34,37)/t17?,18-,19?/m1/s1. The van der Waals surface area contributed by atoms with Gasteiger partial charge in [-0.15, -0.1) is 0 Å². The van der Waals surface area contributed by atoms with Crippen molar-refractivity contribution < 1.29 is 4.52 Å². The molecule has 1 atom stereocenters. The van der Waals surface area contributed by atoms with Gasteiger partial charge in [-0.25, -0.2) is 14.8 Å². The number of hydrogen-bond acceptors (Lipinski definition) is 7. The molecule has 9 nitrogen and oxygen atoms in total. The van der Waals surface area contributed by atoms with Crippen molar-refractivity contribution in [2.75, 3.05) is 11.4 Å². The Morgan fingerprint density at radius 2 is 1.92 bits per heavy atom. The van der Waals surface area contributed by atoms with E-state index >= 15 is 0 Å². The molecule has 5 heterocycles. The highest BCUT2D eigenvalue weighted by atomic mass is 35.5. The van der Waals surface area contributed by atoms with E-state index in [2.05, 4.69) is 38.4 Å². The molecule has 0 amide bonds. The van der Waals surface area contributed by atoms with Crippen molar-refractivity contribution >= 4 is 28.6 Å². The van der Waals surface area contributed by atoms with Crippen LogP contribution in [0.25, 0.3) is 33.8 Å². The first-order valence-corrected chi connectivity index (χ1v) is 14.2. The molecule has 0 unspecified atom stereocenters. The maximum Gasteiger partial charge on any atom is 0.439 e. The Hall–Kier alpha value is -3.20. The van der Waals surface area contributed by atoms with Crippen LogP contribution in [0.2, 0.25) is 5.02 Å². The summed E-state index contributed by atoms with van der Waals surface area (Å²) in [7, 11) is 0. The summed E-state index contributed by atoms with van der Waals surface area (Å²) in [6, 6.07) is 4.17. The highest BCUT2D eigenvalue weighted by Gasteiger charge is 2.28. The number of halogens is 1. The van der Waals surface area contributed by atoms with E-state index in [9.17, 15) is 4.79 Å². The predicted molar refractivity (Wildman–Crippen MR) is 148 cm³/mol. The molecule has 4 aromatic heterocycles. The Bertz CT molecular complexity index is 1480. The molecular formula is C28H34ClN7O2. The van der Waals surface area contributed by atoms with E-state index in [4.69, 9.17) is 26.1 Å². The average Bonchev–Trinajstić information content (AvgIpc) is 3.51. The molecule has 4 aromatic rings. The molecule has 1 saturated carbocycles. The van der Waals surface area contributed by atoms with Crippen molar-refractivity contribution in [3.8, 4) is 22.8 Å². The normalized spacial score (nSPS) is 22.3. The molecule has 2 aliphatic rings. The van der Waals surface area contributed by atoms with Gasteiger partial charge in [-0.1, -0.05) is 49.4 Å². The van der Waals surface area contributed by atoms with Crippen LogP contribution in [0.5, 0.6) is 0 Å². The van der Waals surface area contributed by atoms with Gasteiger partial charge in [0.1, 0.15) is 5.69 Å². The monoisotopic (exact) mass is 535 g/mol. The van der Waals surface area contributed by atoms with Crippen molar-refractivity contribution in [1.29, 1.82) is 0 Å². The van der Waals surface area contributed by atoms with E-state index in [1.807, 2.05) is 12.1 Å². The second-order valence-electron chi connectivity index (χ2n) is 11.1. The van der Waals surface area contributed by atoms with Gasteiger partial charge < -0.3 is 9.47 Å². The first-order chi connectivity index (χ1) is 18.5. The van der Waals surface area contributed by atoms with Crippen molar-refractivity contribution in [1.82, 2.24) is 29.7 Å². The highest BCUT2D eigenvalue weighted by molar-refractivity contribution is 6.30. The second kappa shape index (κ2) is 10.5. The quantitative estimate of drug-likeness (QED) is 0.318. The number of fused-ring (bicyclic) bond motifs is 1. The molecule has 1 saturated heterocycles. The van der Waals surface area contributed by atoms with Crippen LogP contribution in [0.3, 0.4) is 0 Å². The number of piperidine rings is 1. The van der Waals surface area contributed by atoms with E-state index in [0.717, 1.165) is 72.4 Å². The van der Waals surface area contributed by atoms with Crippen molar-refractivity contribution in [2.45, 2.75) is 77.8 Å². The van der Waals surface area contributed by atoms with Crippen molar-refractivity contribution in [3.05, 3.63) is 40.1 Å². The summed E-state index contributed by atoms with van der Waals surface area (Å²) in [5.74, 6) is 2.19. The number of rotatable bonds is 6. The lowest BCUT2D eigenvalue weighted by molar-refractivity contribution is 0.269. The van der Waals surface area contributed by atoms with Crippen LogP contribution in [0.15, 0.2) is 33.8 Å². The fraction of sp³-hybridized carbons (Fsp3) is 0.536. The molecule has 1 aliphatic heterocycles. The number of pyridine rings is 2. The molecule has 6 rings (SSSR count). The highest BCUT2D eigenvalue weighted by Crippen LogP contribution is 2.37. The minimum Gasteiger partial charge on any atom is -0.340 e. The summed E-state index contributed by atoms with van der Waals surface area (Å²) in [6.07, 6.45) is 13.2. The zero-order valence-electron chi connectivity index (χ0n) is 22.0. The van der Waals surface area contributed by atoms with E-state index in [1.54, 1.807) is 12.4 Å². The number of aromatic nitrogens is 6. The molecule has 0 radical (unpaired) electrons. The number of aromatic amines is 1. The fourth-order valence-corrected chi connectivity index (χ4v) is 6.28. The van der Waals surface area contributed by atoms with Gasteiger partial charge in [-0.2, -0.15) is 0 Å². The van der Waals surface area contributed by atoms with Crippen LogP contribution >= 0.6 is 11.6 Å². The number of aryl methyl sites for hydroxylation is 1. The number of nitrogens with zero attached hydrogens (tertiary/aromatic N) is 6. The van der Waals surface area contributed by atoms with Gasteiger partial charge >= 0.3 is 5.76 Å². The molecule has 0 bridgehead atoms. The first-order valence-electron chi connectivity index (χ1n) is 13.8. The van der Waals surface area contributed by atoms with Gasteiger partial charge in [0.25, 0.3) is 0 Å². The Kier molecular flexibility index (Phi) is 6.95. The van der Waals surface area contributed by atoms with Crippen LogP contribution < -0.4 is 10.7 Å². The maximum absolute atomic E-state index is 11.7. The summed E-state index contributed by atoms with van der Waals surface area (Å²) in [5.41, 5.74) is 3.76. The Balaban J connectivity index is 1.52. The number of H-pyrrole nitrogens is 1. The molecule has 1 N–H and O–H groups in total. The number of hydrogen-bond donors (Lipinski definition) is 1. The number of anilines is 1. The van der Waals surface area contributed by atoms with Gasteiger partial charge in [0.2, 0.25) is 11.8 Å². The minimum atomic E-state index is -0.622. The zero-order valence-corrected chi connectivity index (χ0v) is 22.7. The summed E-state index contributed by atoms with van der Waals surface area (Å²) in [4.78, 5) is 31.3. The number of imidazole rings is 1. The molecule has 2 fully saturated rings. The van der Waals surface area contributed by atoms with Crippen molar-refractivity contribution in [3.63, 3.8) is 0 Å². The van der Waals surface area contributed by atoms with Gasteiger partial charge in [0.15, 0.2) is 0 Å². The summed E-state index contributed by atoms with van der Waals surface area (Å²) >= 11 is 6.37. The van der Waals surface area contributed by atoms with Gasteiger partial charge in [0.05, 0.1) is 21.7 Å². The maximum atomic E-state index is 11.7. The Morgan fingerprint density at radius 1 is 1.08 bits per heavy atom. The van der Waals surface area contributed by atoms with Gasteiger partial charge in [-0.05, 0) is 56.6 Å². The first kappa shape index (κ1) is 25.1. The van der Waals surface area contributed by atoms with Crippen LogP contribution in [-0.2, 0) is 6.54 Å². The van der Waals surface area contributed by atoms with E-state index < -0.39 is 5.76 Å².